The predicted octanol–water partition coefficient (Wildman–Crippen LogP) is 4.28. The van der Waals surface area contributed by atoms with E-state index in [0.717, 1.165) is 12.1 Å². The normalized spacial score (nSPS) is 10.7. The summed E-state index contributed by atoms with van der Waals surface area (Å²) in [7, 11) is 0. The molecular weight excluding hydrogens is 312 g/mol. The summed E-state index contributed by atoms with van der Waals surface area (Å²) in [5.74, 6) is -1.16. The summed E-state index contributed by atoms with van der Waals surface area (Å²) >= 11 is 5.90. The molecule has 3 aromatic rings. The van der Waals surface area contributed by atoms with Gasteiger partial charge in [0.05, 0.1) is 6.54 Å². The Hall–Kier alpha value is -2.47. The quantitative estimate of drug-likeness (QED) is 0.779. The van der Waals surface area contributed by atoms with Crippen LogP contribution in [0.4, 0.5) is 14.5 Å². The van der Waals surface area contributed by atoms with Gasteiger partial charge in [0.15, 0.2) is 11.6 Å². The van der Waals surface area contributed by atoms with Crippen LogP contribution in [0.3, 0.4) is 0 Å². The molecule has 1 N–H and O–H groups in total. The third-order valence-corrected chi connectivity index (χ3v) is 3.14. The van der Waals surface area contributed by atoms with Crippen LogP contribution in [0.2, 0.25) is 5.02 Å². The van der Waals surface area contributed by atoms with Crippen LogP contribution in [0.1, 0.15) is 5.89 Å². The second-order valence-corrected chi connectivity index (χ2v) is 4.93. The number of hydrogen-bond donors (Lipinski definition) is 1. The van der Waals surface area contributed by atoms with Gasteiger partial charge in [-0.1, -0.05) is 17.7 Å². The van der Waals surface area contributed by atoms with Gasteiger partial charge in [0.2, 0.25) is 11.8 Å². The van der Waals surface area contributed by atoms with E-state index in [4.69, 9.17) is 16.0 Å². The molecule has 0 saturated heterocycles. The Bertz CT molecular complexity index is 807. The summed E-state index contributed by atoms with van der Waals surface area (Å²) in [5, 5.41) is 11.3. The van der Waals surface area contributed by atoms with Gasteiger partial charge < -0.3 is 9.73 Å². The van der Waals surface area contributed by atoms with Crippen molar-refractivity contribution in [2.75, 3.05) is 5.32 Å². The minimum Gasteiger partial charge on any atom is -0.419 e. The molecule has 0 fully saturated rings. The van der Waals surface area contributed by atoms with Crippen molar-refractivity contribution in [2.24, 2.45) is 0 Å². The lowest BCUT2D eigenvalue weighted by Crippen LogP contribution is -2.00. The Morgan fingerprint density at radius 2 is 1.91 bits per heavy atom. The number of benzene rings is 2. The highest BCUT2D eigenvalue weighted by Gasteiger charge is 2.09. The number of anilines is 1. The fourth-order valence-corrected chi connectivity index (χ4v) is 2.04. The molecule has 0 amide bonds. The van der Waals surface area contributed by atoms with E-state index in [0.29, 0.717) is 28.1 Å². The fourth-order valence-electron chi connectivity index (χ4n) is 1.85. The molecule has 1 aromatic heterocycles. The highest BCUT2D eigenvalue weighted by molar-refractivity contribution is 6.30. The average Bonchev–Trinajstić information content (AvgIpc) is 2.97. The SMILES string of the molecule is Fc1ccc(NCc2nnc(-c3cccc(Cl)c3)o2)cc1F. The molecule has 4 nitrogen and oxygen atoms in total. The lowest BCUT2D eigenvalue weighted by Gasteiger charge is -2.03. The molecule has 112 valence electrons. The summed E-state index contributed by atoms with van der Waals surface area (Å²) in [4.78, 5) is 0. The number of halogens is 3. The zero-order valence-corrected chi connectivity index (χ0v) is 11.9. The largest absolute Gasteiger partial charge is 0.419 e. The van der Waals surface area contributed by atoms with E-state index in [1.165, 1.54) is 6.07 Å². The lowest BCUT2D eigenvalue weighted by atomic mass is 10.2. The van der Waals surface area contributed by atoms with Crippen LogP contribution in [0.15, 0.2) is 46.9 Å². The van der Waals surface area contributed by atoms with Gasteiger partial charge in [-0.25, -0.2) is 8.78 Å². The van der Waals surface area contributed by atoms with E-state index in [2.05, 4.69) is 15.5 Å². The summed E-state index contributed by atoms with van der Waals surface area (Å²) in [6.07, 6.45) is 0. The molecule has 1 heterocycles. The molecule has 0 spiro atoms. The zero-order chi connectivity index (χ0) is 15.5. The van der Waals surface area contributed by atoms with Gasteiger partial charge in [0, 0.05) is 22.3 Å². The molecule has 3 rings (SSSR count). The van der Waals surface area contributed by atoms with Gasteiger partial charge in [-0.2, -0.15) is 0 Å². The topological polar surface area (TPSA) is 51.0 Å². The van der Waals surface area contributed by atoms with Crippen LogP contribution in [0.5, 0.6) is 0 Å². The van der Waals surface area contributed by atoms with Crippen molar-refractivity contribution in [3.05, 3.63) is 65.0 Å². The van der Waals surface area contributed by atoms with Gasteiger partial charge in [-0.05, 0) is 30.3 Å². The van der Waals surface area contributed by atoms with E-state index in [1.54, 1.807) is 24.3 Å². The van der Waals surface area contributed by atoms with Gasteiger partial charge in [0.25, 0.3) is 0 Å². The first-order valence-electron chi connectivity index (χ1n) is 6.39. The molecule has 0 bridgehead atoms. The van der Waals surface area contributed by atoms with Crippen LogP contribution in [-0.4, -0.2) is 10.2 Å². The molecular formula is C15H10ClF2N3O. The molecule has 2 aromatic carbocycles. The number of hydrogen-bond acceptors (Lipinski definition) is 4. The number of rotatable bonds is 4. The first-order valence-corrected chi connectivity index (χ1v) is 6.77. The Labute approximate surface area is 129 Å². The Balaban J connectivity index is 1.70. The smallest absolute Gasteiger partial charge is 0.247 e. The number of aromatic nitrogens is 2. The van der Waals surface area contributed by atoms with Gasteiger partial charge in [-0.3, -0.25) is 0 Å². The average molecular weight is 322 g/mol. The van der Waals surface area contributed by atoms with Crippen molar-refractivity contribution in [3.63, 3.8) is 0 Å². The molecule has 0 radical (unpaired) electrons. The predicted molar refractivity (Wildman–Crippen MR) is 78.4 cm³/mol. The molecule has 0 saturated carbocycles. The van der Waals surface area contributed by atoms with Crippen molar-refractivity contribution in [1.82, 2.24) is 10.2 Å². The summed E-state index contributed by atoms with van der Waals surface area (Å²) in [6.45, 7) is 0.193. The minimum absolute atomic E-state index is 0.193. The molecule has 0 unspecified atom stereocenters. The zero-order valence-electron chi connectivity index (χ0n) is 11.2. The first kappa shape index (κ1) is 14.5. The van der Waals surface area contributed by atoms with Crippen molar-refractivity contribution in [3.8, 4) is 11.5 Å². The molecule has 0 atom stereocenters. The van der Waals surface area contributed by atoms with Crippen molar-refractivity contribution in [1.29, 1.82) is 0 Å². The van der Waals surface area contributed by atoms with E-state index in [9.17, 15) is 8.78 Å². The second kappa shape index (κ2) is 6.11. The van der Waals surface area contributed by atoms with Gasteiger partial charge in [-0.15, -0.1) is 10.2 Å². The Morgan fingerprint density at radius 1 is 1.05 bits per heavy atom. The highest BCUT2D eigenvalue weighted by atomic mass is 35.5. The molecule has 22 heavy (non-hydrogen) atoms. The van der Waals surface area contributed by atoms with Crippen LogP contribution >= 0.6 is 11.6 Å². The Kier molecular flexibility index (Phi) is 4.02. The standard InChI is InChI=1S/C15H10ClF2N3O/c16-10-3-1-2-9(6-10)15-21-20-14(22-15)8-19-11-4-5-12(17)13(18)7-11/h1-7,19H,8H2. The van der Waals surface area contributed by atoms with E-state index in [1.807, 2.05) is 0 Å². The maximum absolute atomic E-state index is 13.1. The highest BCUT2D eigenvalue weighted by Crippen LogP contribution is 2.22. The summed E-state index contributed by atoms with van der Waals surface area (Å²) in [5.41, 5.74) is 1.13. The van der Waals surface area contributed by atoms with Gasteiger partial charge >= 0.3 is 0 Å². The van der Waals surface area contributed by atoms with Gasteiger partial charge in [0.1, 0.15) is 0 Å². The van der Waals surface area contributed by atoms with Crippen molar-refractivity contribution >= 4 is 17.3 Å². The fraction of sp³-hybridized carbons (Fsp3) is 0.0667. The van der Waals surface area contributed by atoms with Crippen LogP contribution < -0.4 is 5.32 Å². The molecule has 0 aliphatic carbocycles. The summed E-state index contributed by atoms with van der Waals surface area (Å²) in [6, 6.07) is 10.6. The number of nitrogens with one attached hydrogen (secondary N) is 1. The maximum Gasteiger partial charge on any atom is 0.247 e. The van der Waals surface area contributed by atoms with Crippen molar-refractivity contribution < 1.29 is 13.2 Å². The Morgan fingerprint density at radius 3 is 2.68 bits per heavy atom. The van der Waals surface area contributed by atoms with E-state index >= 15 is 0 Å². The van der Waals surface area contributed by atoms with E-state index in [-0.39, 0.29) is 6.54 Å². The first-order chi connectivity index (χ1) is 10.6. The van der Waals surface area contributed by atoms with Crippen molar-refractivity contribution in [2.45, 2.75) is 6.54 Å². The lowest BCUT2D eigenvalue weighted by molar-refractivity contribution is 0.507. The summed E-state index contributed by atoms with van der Waals surface area (Å²) < 4.78 is 31.4. The van der Waals surface area contributed by atoms with Crippen LogP contribution in [-0.2, 0) is 6.54 Å². The molecule has 0 aliphatic heterocycles. The molecule has 0 aliphatic rings. The maximum atomic E-state index is 13.1. The second-order valence-electron chi connectivity index (χ2n) is 4.49. The third kappa shape index (κ3) is 3.23. The molecule has 7 heteroatoms. The number of nitrogens with zero attached hydrogens (tertiary/aromatic N) is 2. The van der Waals surface area contributed by atoms with Crippen LogP contribution in [0.25, 0.3) is 11.5 Å². The minimum atomic E-state index is -0.921. The monoisotopic (exact) mass is 321 g/mol. The third-order valence-electron chi connectivity index (χ3n) is 2.90. The van der Waals surface area contributed by atoms with E-state index < -0.39 is 11.6 Å². The van der Waals surface area contributed by atoms with Crippen LogP contribution in [0, 0.1) is 11.6 Å².